The molecule has 176 valence electrons. The van der Waals surface area contributed by atoms with Gasteiger partial charge in [0.2, 0.25) is 11.9 Å². The lowest BCUT2D eigenvalue weighted by atomic mass is 9.93. The predicted octanol–water partition coefficient (Wildman–Crippen LogP) is 3.34. The molecule has 1 amide bonds. The van der Waals surface area contributed by atoms with E-state index in [-0.39, 0.29) is 34.7 Å². The molecular formula is C19H21ClF3N9O. The number of likely N-dealkylation sites (tertiary alicyclic amines) is 1. The highest BCUT2D eigenvalue weighted by molar-refractivity contribution is 6.35. The first-order valence-corrected chi connectivity index (χ1v) is 10.5. The second kappa shape index (κ2) is 8.89. The first kappa shape index (κ1) is 22.8. The number of fused-ring (bicyclic) bond motifs is 1. The van der Waals surface area contributed by atoms with E-state index in [2.05, 4.69) is 49.4 Å². The fraction of sp³-hybridized carbons (Fsp3) is 0.421. The minimum absolute atomic E-state index is 0.111. The summed E-state index contributed by atoms with van der Waals surface area (Å²) in [6, 6.07) is -0.130. The molecule has 1 aliphatic rings. The third kappa shape index (κ3) is 5.18. The summed E-state index contributed by atoms with van der Waals surface area (Å²) in [4.78, 5) is 22.5. The minimum atomic E-state index is -4.39. The van der Waals surface area contributed by atoms with Crippen molar-refractivity contribution in [3.8, 4) is 0 Å². The quantitative estimate of drug-likeness (QED) is 0.460. The molecule has 0 bridgehead atoms. The van der Waals surface area contributed by atoms with Crippen molar-refractivity contribution in [3.63, 3.8) is 0 Å². The molecule has 0 aliphatic carbocycles. The topological polar surface area (TPSA) is 117 Å². The van der Waals surface area contributed by atoms with Gasteiger partial charge in [0.15, 0.2) is 10.8 Å². The zero-order valence-corrected chi connectivity index (χ0v) is 18.3. The highest BCUT2D eigenvalue weighted by atomic mass is 35.5. The molecule has 0 saturated carbocycles. The van der Waals surface area contributed by atoms with Gasteiger partial charge in [-0.2, -0.15) is 33.3 Å². The Morgan fingerprint density at radius 1 is 1.42 bits per heavy atom. The zero-order chi connectivity index (χ0) is 23.8. The number of piperidine rings is 1. The Kier molecular flexibility index (Phi) is 6.15. The van der Waals surface area contributed by atoms with Crippen LogP contribution in [0.5, 0.6) is 0 Å². The largest absolute Gasteiger partial charge is 0.408 e. The molecule has 1 aliphatic heterocycles. The monoisotopic (exact) mass is 483 g/mol. The Balaban J connectivity index is 1.60. The first-order valence-electron chi connectivity index (χ1n) is 10.1. The fourth-order valence-electron chi connectivity index (χ4n) is 3.64. The van der Waals surface area contributed by atoms with E-state index in [0.29, 0.717) is 29.9 Å². The van der Waals surface area contributed by atoms with Crippen LogP contribution >= 0.6 is 11.6 Å². The molecule has 1 saturated heterocycles. The normalized spacial score (nSPS) is 19.0. The van der Waals surface area contributed by atoms with Crippen molar-refractivity contribution >= 4 is 46.0 Å². The van der Waals surface area contributed by atoms with Crippen molar-refractivity contribution in [2.75, 3.05) is 23.7 Å². The number of halogens is 4. The van der Waals surface area contributed by atoms with Crippen LogP contribution < -0.4 is 10.6 Å². The number of carbonyl (C=O) groups is 1. The van der Waals surface area contributed by atoms with Crippen molar-refractivity contribution in [2.45, 2.75) is 32.1 Å². The molecule has 0 spiro atoms. The summed E-state index contributed by atoms with van der Waals surface area (Å²) in [6.07, 6.45) is 0.127. The average Bonchev–Trinajstić information content (AvgIpc) is 3.34. The summed E-state index contributed by atoms with van der Waals surface area (Å²) in [5.41, 5.74) is 0.620. The van der Waals surface area contributed by atoms with E-state index in [1.54, 1.807) is 4.90 Å². The Morgan fingerprint density at radius 3 is 2.94 bits per heavy atom. The van der Waals surface area contributed by atoms with Crippen molar-refractivity contribution in [1.29, 1.82) is 0 Å². The number of carbonyl (C=O) groups excluding carboxylic acids is 1. The van der Waals surface area contributed by atoms with E-state index in [9.17, 15) is 18.0 Å². The molecule has 3 aromatic rings. The molecule has 3 N–H and O–H groups in total. The van der Waals surface area contributed by atoms with Crippen LogP contribution in [0.1, 0.15) is 13.3 Å². The van der Waals surface area contributed by atoms with E-state index in [1.165, 1.54) is 18.5 Å². The van der Waals surface area contributed by atoms with Gasteiger partial charge in [0.05, 0.1) is 11.9 Å². The van der Waals surface area contributed by atoms with Crippen LogP contribution in [0.2, 0.25) is 5.15 Å². The molecule has 33 heavy (non-hydrogen) atoms. The lowest BCUT2D eigenvalue weighted by Crippen LogP contribution is -2.48. The predicted molar refractivity (Wildman–Crippen MR) is 116 cm³/mol. The maximum absolute atomic E-state index is 12.6. The van der Waals surface area contributed by atoms with Gasteiger partial charge in [-0.25, -0.2) is 0 Å². The molecule has 4 heterocycles. The number of alkyl halides is 3. The van der Waals surface area contributed by atoms with Crippen molar-refractivity contribution in [2.24, 2.45) is 5.92 Å². The lowest BCUT2D eigenvalue weighted by Gasteiger charge is -2.37. The number of hydrogen-bond acceptors (Lipinski definition) is 7. The fourth-order valence-corrected chi connectivity index (χ4v) is 3.87. The van der Waals surface area contributed by atoms with Crippen LogP contribution in [0, 0.1) is 5.92 Å². The SMILES string of the molecule is C=CC(=O)N1CC[C@@H](C)[C@@H](Nc2nc(Nc3cnn(CC(F)(F)F)c3)nc3[nH]nc(Cl)c23)C1. The van der Waals surface area contributed by atoms with Crippen molar-refractivity contribution in [3.05, 3.63) is 30.2 Å². The molecule has 2 atom stereocenters. The first-order chi connectivity index (χ1) is 15.6. The van der Waals surface area contributed by atoms with Gasteiger partial charge in [-0.1, -0.05) is 25.1 Å². The number of hydrogen-bond donors (Lipinski definition) is 3. The average molecular weight is 484 g/mol. The van der Waals surface area contributed by atoms with Gasteiger partial charge < -0.3 is 15.5 Å². The highest BCUT2D eigenvalue weighted by Crippen LogP contribution is 2.30. The summed E-state index contributed by atoms with van der Waals surface area (Å²) in [7, 11) is 0. The third-order valence-corrected chi connectivity index (χ3v) is 5.65. The lowest BCUT2D eigenvalue weighted by molar-refractivity contribution is -0.142. The summed E-state index contributed by atoms with van der Waals surface area (Å²) >= 11 is 6.23. The van der Waals surface area contributed by atoms with E-state index >= 15 is 0 Å². The molecular weight excluding hydrogens is 463 g/mol. The van der Waals surface area contributed by atoms with Crippen LogP contribution in [-0.4, -0.2) is 66.1 Å². The molecule has 10 nitrogen and oxygen atoms in total. The second-order valence-electron chi connectivity index (χ2n) is 7.81. The Bertz CT molecular complexity index is 1180. The summed E-state index contributed by atoms with van der Waals surface area (Å²) in [6.45, 7) is 5.47. The van der Waals surface area contributed by atoms with Gasteiger partial charge in [0.1, 0.15) is 17.7 Å². The van der Waals surface area contributed by atoms with Gasteiger partial charge >= 0.3 is 6.18 Å². The molecule has 1 fully saturated rings. The smallest absolute Gasteiger partial charge is 0.364 e. The van der Waals surface area contributed by atoms with E-state index in [0.717, 1.165) is 11.1 Å². The second-order valence-corrected chi connectivity index (χ2v) is 8.16. The Morgan fingerprint density at radius 2 is 2.21 bits per heavy atom. The third-order valence-electron chi connectivity index (χ3n) is 5.37. The molecule has 0 unspecified atom stereocenters. The van der Waals surface area contributed by atoms with Gasteiger partial charge in [-0.15, -0.1) is 0 Å². The summed E-state index contributed by atoms with van der Waals surface area (Å²) in [5, 5.41) is 17.2. The van der Waals surface area contributed by atoms with E-state index in [1.807, 2.05) is 0 Å². The maximum atomic E-state index is 12.6. The number of nitrogens with one attached hydrogen (secondary N) is 3. The van der Waals surface area contributed by atoms with Crippen LogP contribution in [0.3, 0.4) is 0 Å². The molecule has 0 radical (unpaired) electrons. The standard InChI is InChI=1S/C19H21ClF3N9O/c1-3-13(33)31-5-4-10(2)12(8-31)26-16-14-15(20)29-30-17(14)28-18(27-16)25-11-6-24-32(7-11)9-19(21,22)23/h3,6-7,10,12H,1,4-5,8-9H2,2H3,(H3,25,26,27,28,29,30)/t10-,12+/m1/s1. The number of rotatable bonds is 6. The van der Waals surface area contributed by atoms with Crippen LogP contribution in [0.25, 0.3) is 11.0 Å². The highest BCUT2D eigenvalue weighted by Gasteiger charge is 2.30. The number of anilines is 3. The number of amides is 1. The Labute approximate surface area is 191 Å². The molecule has 3 aromatic heterocycles. The number of aromatic nitrogens is 6. The van der Waals surface area contributed by atoms with E-state index in [4.69, 9.17) is 11.6 Å². The van der Waals surface area contributed by atoms with Gasteiger partial charge in [0.25, 0.3) is 0 Å². The minimum Gasteiger partial charge on any atom is -0.364 e. The maximum Gasteiger partial charge on any atom is 0.408 e. The van der Waals surface area contributed by atoms with Crippen LogP contribution in [-0.2, 0) is 11.3 Å². The molecule has 14 heteroatoms. The van der Waals surface area contributed by atoms with Gasteiger partial charge in [0, 0.05) is 25.3 Å². The van der Waals surface area contributed by atoms with E-state index < -0.39 is 12.7 Å². The number of H-pyrrole nitrogens is 1. The van der Waals surface area contributed by atoms with Crippen molar-refractivity contribution < 1.29 is 18.0 Å². The van der Waals surface area contributed by atoms with Crippen LogP contribution in [0.4, 0.5) is 30.6 Å². The number of aromatic amines is 1. The zero-order valence-electron chi connectivity index (χ0n) is 17.5. The van der Waals surface area contributed by atoms with Crippen molar-refractivity contribution in [1.82, 2.24) is 34.8 Å². The number of nitrogens with zero attached hydrogens (tertiary/aromatic N) is 6. The van der Waals surface area contributed by atoms with Gasteiger partial charge in [-0.3, -0.25) is 14.6 Å². The van der Waals surface area contributed by atoms with Crippen LogP contribution in [0.15, 0.2) is 25.0 Å². The summed E-state index contributed by atoms with van der Waals surface area (Å²) in [5.74, 6) is 0.570. The molecule has 0 aromatic carbocycles. The van der Waals surface area contributed by atoms with Gasteiger partial charge in [-0.05, 0) is 18.4 Å². The Hall–Kier alpha value is -3.35. The molecule has 4 rings (SSSR count). The summed E-state index contributed by atoms with van der Waals surface area (Å²) < 4.78 is 38.5.